The lowest BCUT2D eigenvalue weighted by Crippen LogP contribution is -2.35. The first-order valence-electron chi connectivity index (χ1n) is 8.84. The third kappa shape index (κ3) is 4.92. The average molecular weight is 406 g/mol. The van der Waals surface area contributed by atoms with Gasteiger partial charge in [-0.15, -0.1) is 0 Å². The Hall–Kier alpha value is -3.36. The van der Waals surface area contributed by atoms with Crippen molar-refractivity contribution in [1.29, 1.82) is 0 Å². The molecule has 0 bridgehead atoms. The van der Waals surface area contributed by atoms with Gasteiger partial charge in [0, 0.05) is 0 Å². The number of halogens is 3. The van der Waals surface area contributed by atoms with E-state index in [0.717, 1.165) is 30.9 Å². The second kappa shape index (κ2) is 8.76. The number of hydrogen-bond donors (Lipinski definition) is 2. The van der Waals surface area contributed by atoms with Gasteiger partial charge in [-0.1, -0.05) is 6.07 Å². The SMILES string of the molecule is O=C(COC(=O)c1ccc2c(c1)CCC2)NCC(=O)Nc1ccc(F)c(F)c1F. The number of amides is 2. The van der Waals surface area contributed by atoms with E-state index in [2.05, 4.69) is 5.32 Å². The fourth-order valence-corrected chi connectivity index (χ4v) is 2.96. The van der Waals surface area contributed by atoms with Gasteiger partial charge in [0.15, 0.2) is 24.1 Å². The van der Waals surface area contributed by atoms with E-state index in [1.165, 1.54) is 5.56 Å². The van der Waals surface area contributed by atoms with Crippen LogP contribution in [0.1, 0.15) is 27.9 Å². The minimum absolute atomic E-state index is 0.338. The lowest BCUT2D eigenvalue weighted by molar-refractivity contribution is -0.126. The molecule has 0 spiro atoms. The summed E-state index contributed by atoms with van der Waals surface area (Å²) in [5.74, 6) is -6.94. The molecule has 2 aromatic rings. The molecule has 152 valence electrons. The molecule has 0 atom stereocenters. The van der Waals surface area contributed by atoms with Crippen LogP contribution in [-0.4, -0.2) is 30.9 Å². The van der Waals surface area contributed by atoms with Gasteiger partial charge in [-0.3, -0.25) is 9.59 Å². The Morgan fingerprint density at radius 3 is 2.48 bits per heavy atom. The summed E-state index contributed by atoms with van der Waals surface area (Å²) in [7, 11) is 0. The highest BCUT2D eigenvalue weighted by Gasteiger charge is 2.17. The zero-order valence-electron chi connectivity index (χ0n) is 15.2. The predicted octanol–water partition coefficient (Wildman–Crippen LogP) is 2.50. The zero-order valence-corrected chi connectivity index (χ0v) is 15.2. The summed E-state index contributed by atoms with van der Waals surface area (Å²) >= 11 is 0. The summed E-state index contributed by atoms with van der Waals surface area (Å²) in [6.07, 6.45) is 2.90. The Bertz CT molecular complexity index is 978. The molecular weight excluding hydrogens is 389 g/mol. The Morgan fingerprint density at radius 1 is 0.931 bits per heavy atom. The molecule has 2 N–H and O–H groups in total. The Morgan fingerprint density at radius 2 is 1.69 bits per heavy atom. The molecule has 0 unspecified atom stereocenters. The monoisotopic (exact) mass is 406 g/mol. The van der Waals surface area contributed by atoms with Crippen molar-refractivity contribution in [1.82, 2.24) is 5.32 Å². The first-order valence-corrected chi connectivity index (χ1v) is 8.84. The molecule has 1 aliphatic carbocycles. The first kappa shape index (κ1) is 20.4. The van der Waals surface area contributed by atoms with Crippen LogP contribution >= 0.6 is 0 Å². The van der Waals surface area contributed by atoms with Crippen molar-refractivity contribution >= 4 is 23.5 Å². The quantitative estimate of drug-likeness (QED) is 0.570. The van der Waals surface area contributed by atoms with Crippen molar-refractivity contribution in [2.24, 2.45) is 0 Å². The summed E-state index contributed by atoms with van der Waals surface area (Å²) in [6, 6.07) is 6.75. The van der Waals surface area contributed by atoms with Crippen LogP contribution < -0.4 is 10.6 Å². The van der Waals surface area contributed by atoms with Crippen molar-refractivity contribution < 1.29 is 32.3 Å². The molecule has 6 nitrogen and oxygen atoms in total. The molecule has 29 heavy (non-hydrogen) atoms. The maximum absolute atomic E-state index is 13.5. The Balaban J connectivity index is 1.44. The van der Waals surface area contributed by atoms with E-state index >= 15 is 0 Å². The molecule has 9 heteroatoms. The summed E-state index contributed by atoms with van der Waals surface area (Å²) in [4.78, 5) is 35.5. The highest BCUT2D eigenvalue weighted by Crippen LogP contribution is 2.23. The number of rotatable bonds is 6. The van der Waals surface area contributed by atoms with Crippen LogP contribution in [0.15, 0.2) is 30.3 Å². The summed E-state index contributed by atoms with van der Waals surface area (Å²) in [6.45, 7) is -1.18. The van der Waals surface area contributed by atoms with Gasteiger partial charge in [-0.2, -0.15) is 0 Å². The minimum atomic E-state index is -1.72. The molecule has 0 saturated carbocycles. The van der Waals surface area contributed by atoms with Gasteiger partial charge in [0.05, 0.1) is 17.8 Å². The Labute approximate surface area is 164 Å². The lowest BCUT2D eigenvalue weighted by Gasteiger charge is -2.09. The number of nitrogens with one attached hydrogen (secondary N) is 2. The molecular formula is C20H17F3N2O4. The van der Waals surface area contributed by atoms with Crippen LogP contribution in [0, 0.1) is 17.5 Å². The maximum Gasteiger partial charge on any atom is 0.338 e. The van der Waals surface area contributed by atoms with Crippen LogP contribution in [0.3, 0.4) is 0 Å². The van der Waals surface area contributed by atoms with E-state index in [4.69, 9.17) is 4.74 Å². The molecule has 0 aromatic heterocycles. The van der Waals surface area contributed by atoms with Crippen molar-refractivity contribution in [3.05, 3.63) is 64.5 Å². The number of aryl methyl sites for hydroxylation is 2. The highest BCUT2D eigenvalue weighted by atomic mass is 19.2. The van der Waals surface area contributed by atoms with Crippen LogP contribution in [0.2, 0.25) is 0 Å². The topological polar surface area (TPSA) is 84.5 Å². The number of ether oxygens (including phenoxy) is 1. The van der Waals surface area contributed by atoms with E-state index in [1.807, 2.05) is 11.4 Å². The van der Waals surface area contributed by atoms with Crippen molar-refractivity contribution in [3.63, 3.8) is 0 Å². The summed E-state index contributed by atoms with van der Waals surface area (Å²) in [5, 5.41) is 4.18. The third-order valence-corrected chi connectivity index (χ3v) is 4.42. The number of anilines is 1. The number of hydrogen-bond acceptors (Lipinski definition) is 4. The lowest BCUT2D eigenvalue weighted by atomic mass is 10.1. The third-order valence-electron chi connectivity index (χ3n) is 4.42. The fourth-order valence-electron chi connectivity index (χ4n) is 2.96. The molecule has 0 fully saturated rings. The number of esters is 1. The van der Waals surface area contributed by atoms with Crippen LogP contribution in [0.25, 0.3) is 0 Å². The molecule has 0 saturated heterocycles. The van der Waals surface area contributed by atoms with Gasteiger partial charge in [-0.25, -0.2) is 18.0 Å². The molecule has 3 rings (SSSR count). The number of carbonyl (C=O) groups is 3. The van der Waals surface area contributed by atoms with Gasteiger partial charge in [0.2, 0.25) is 5.91 Å². The van der Waals surface area contributed by atoms with Crippen LogP contribution in [-0.2, 0) is 27.2 Å². The fraction of sp³-hybridized carbons (Fsp3) is 0.250. The van der Waals surface area contributed by atoms with Gasteiger partial charge >= 0.3 is 5.97 Å². The maximum atomic E-state index is 13.5. The molecule has 0 aliphatic heterocycles. The van der Waals surface area contributed by atoms with Crippen molar-refractivity contribution in [2.75, 3.05) is 18.5 Å². The number of carbonyl (C=O) groups excluding carboxylic acids is 3. The van der Waals surface area contributed by atoms with E-state index in [-0.39, 0.29) is 0 Å². The average Bonchev–Trinajstić information content (AvgIpc) is 3.18. The molecule has 2 amide bonds. The van der Waals surface area contributed by atoms with Crippen molar-refractivity contribution in [2.45, 2.75) is 19.3 Å². The second-order valence-corrected chi connectivity index (χ2v) is 6.46. The smallest absolute Gasteiger partial charge is 0.338 e. The summed E-state index contributed by atoms with van der Waals surface area (Å²) in [5.41, 5.74) is 2.06. The number of benzene rings is 2. The minimum Gasteiger partial charge on any atom is -0.452 e. The number of fused-ring (bicyclic) bond motifs is 1. The van der Waals surface area contributed by atoms with E-state index in [1.54, 1.807) is 12.1 Å². The molecule has 1 aliphatic rings. The van der Waals surface area contributed by atoms with Gasteiger partial charge in [0.1, 0.15) is 0 Å². The largest absolute Gasteiger partial charge is 0.452 e. The van der Waals surface area contributed by atoms with Gasteiger partial charge < -0.3 is 15.4 Å². The second-order valence-electron chi connectivity index (χ2n) is 6.46. The van der Waals surface area contributed by atoms with Gasteiger partial charge in [-0.05, 0) is 54.7 Å². The van der Waals surface area contributed by atoms with E-state index in [9.17, 15) is 27.6 Å². The van der Waals surface area contributed by atoms with E-state index in [0.29, 0.717) is 11.6 Å². The van der Waals surface area contributed by atoms with E-state index < -0.39 is 54.1 Å². The Kier molecular flexibility index (Phi) is 6.16. The van der Waals surface area contributed by atoms with Crippen molar-refractivity contribution in [3.8, 4) is 0 Å². The summed E-state index contributed by atoms with van der Waals surface area (Å²) < 4.78 is 44.4. The normalized spacial score (nSPS) is 12.2. The van der Waals surface area contributed by atoms with Gasteiger partial charge in [0.25, 0.3) is 5.91 Å². The molecule has 2 aromatic carbocycles. The van der Waals surface area contributed by atoms with Crippen LogP contribution in [0.5, 0.6) is 0 Å². The standard InChI is InChI=1S/C20H17F3N2O4/c21-14-6-7-15(19(23)18(14)22)25-16(26)9-24-17(27)10-29-20(28)13-5-4-11-2-1-3-12(11)8-13/h4-8H,1-3,9-10H2,(H,24,27)(H,25,26). The molecule has 0 radical (unpaired) electrons. The highest BCUT2D eigenvalue weighted by molar-refractivity contribution is 5.95. The zero-order chi connectivity index (χ0) is 21.0. The predicted molar refractivity (Wildman–Crippen MR) is 96.7 cm³/mol. The van der Waals surface area contributed by atoms with Crippen LogP contribution in [0.4, 0.5) is 18.9 Å². The molecule has 0 heterocycles. The first-order chi connectivity index (χ1) is 13.8.